The number of hydrogen-bond donors (Lipinski definition) is 1. The van der Waals surface area contributed by atoms with Gasteiger partial charge in [0.05, 0.1) is 6.04 Å². The van der Waals surface area contributed by atoms with E-state index in [1.807, 2.05) is 0 Å². The van der Waals surface area contributed by atoms with Crippen LogP contribution in [0.25, 0.3) is 10.4 Å². The van der Waals surface area contributed by atoms with E-state index in [2.05, 4.69) is 10.0 Å². The van der Waals surface area contributed by atoms with Crippen molar-refractivity contribution in [3.05, 3.63) is 10.4 Å². The van der Waals surface area contributed by atoms with Crippen LogP contribution in [-0.4, -0.2) is 46.7 Å². The number of aliphatic carboxylic acids is 1. The van der Waals surface area contributed by atoms with E-state index in [1.54, 1.807) is 0 Å². The highest BCUT2D eigenvalue weighted by Gasteiger charge is 2.49. The normalized spacial score (nSPS) is 24.3. The summed E-state index contributed by atoms with van der Waals surface area (Å²) in [5, 5.41) is 11.8. The molecule has 0 aromatic heterocycles. The van der Waals surface area contributed by atoms with Crippen LogP contribution in [0, 0.1) is 0 Å². The molecule has 0 radical (unpaired) electrons. The highest BCUT2D eigenvalue weighted by atomic mass is 19.4. The van der Waals surface area contributed by atoms with E-state index >= 15 is 0 Å². The van der Waals surface area contributed by atoms with Gasteiger partial charge in [0.2, 0.25) is 0 Å². The van der Waals surface area contributed by atoms with Gasteiger partial charge in [-0.05, 0) is 12.0 Å². The summed E-state index contributed by atoms with van der Waals surface area (Å²) in [4.78, 5) is 24.2. The Morgan fingerprint density at radius 2 is 2.06 bits per heavy atom. The summed E-state index contributed by atoms with van der Waals surface area (Å²) in [5.41, 5.74) is 8.12. The molecule has 17 heavy (non-hydrogen) atoms. The van der Waals surface area contributed by atoms with Crippen LogP contribution in [0.15, 0.2) is 5.11 Å². The molecule has 0 aliphatic carbocycles. The van der Waals surface area contributed by atoms with Crippen molar-refractivity contribution in [2.45, 2.75) is 24.7 Å². The lowest BCUT2D eigenvalue weighted by atomic mass is 10.2. The molecule has 0 aromatic rings. The van der Waals surface area contributed by atoms with E-state index < -0.39 is 36.7 Å². The molecule has 0 unspecified atom stereocenters. The summed E-state index contributed by atoms with van der Waals surface area (Å²) in [6.45, 7) is -0.542. The molecule has 1 fully saturated rings. The number of carbonyl (C=O) groups is 2. The molecule has 0 aromatic carbocycles. The maximum absolute atomic E-state index is 12.2. The Kier molecular flexibility index (Phi) is 3.47. The van der Waals surface area contributed by atoms with Gasteiger partial charge in [0.15, 0.2) is 0 Å². The standard InChI is InChI=1S/C7H7F3N4O3/c8-7(9,10)6(17)14-2-3(12-13-11)1-4(14)5(15)16/h3-4H,1-2H2,(H,15,16)/t3-,4-/m1/s1. The average Bonchev–Trinajstić information content (AvgIpc) is 2.59. The molecule has 7 nitrogen and oxygen atoms in total. The smallest absolute Gasteiger partial charge is 0.471 e. The van der Waals surface area contributed by atoms with Gasteiger partial charge in [0, 0.05) is 11.5 Å². The predicted octanol–water partition coefficient (Wildman–Crippen LogP) is 0.913. The number of hydrogen-bond acceptors (Lipinski definition) is 3. The SMILES string of the molecule is [N-]=[N+]=N[C@@H]1C[C@H](C(=O)O)N(C(=O)C(F)(F)F)C1. The Morgan fingerprint density at radius 1 is 1.47 bits per heavy atom. The number of amides is 1. The lowest BCUT2D eigenvalue weighted by Gasteiger charge is -2.22. The van der Waals surface area contributed by atoms with Gasteiger partial charge in [0.1, 0.15) is 6.04 Å². The Labute approximate surface area is 92.4 Å². The molecule has 0 bridgehead atoms. The van der Waals surface area contributed by atoms with Crippen molar-refractivity contribution < 1.29 is 27.9 Å². The molecular formula is C7H7F3N4O3. The third kappa shape index (κ3) is 2.78. The van der Waals surface area contributed by atoms with Crippen molar-refractivity contribution in [1.29, 1.82) is 0 Å². The molecule has 1 saturated heterocycles. The number of likely N-dealkylation sites (tertiary alicyclic amines) is 1. The monoisotopic (exact) mass is 252 g/mol. The van der Waals surface area contributed by atoms with Crippen LogP contribution >= 0.6 is 0 Å². The first-order chi connectivity index (χ1) is 7.77. The summed E-state index contributed by atoms with van der Waals surface area (Å²) in [5.74, 6) is -3.79. The predicted molar refractivity (Wildman–Crippen MR) is 46.7 cm³/mol. The van der Waals surface area contributed by atoms with E-state index in [4.69, 9.17) is 10.6 Å². The second-order valence-corrected chi connectivity index (χ2v) is 3.40. The van der Waals surface area contributed by atoms with Gasteiger partial charge >= 0.3 is 18.1 Å². The average molecular weight is 252 g/mol. The Bertz CT molecular complexity index is 390. The largest absolute Gasteiger partial charge is 0.480 e. The zero-order valence-corrected chi connectivity index (χ0v) is 8.26. The van der Waals surface area contributed by atoms with Gasteiger partial charge in [-0.25, -0.2) is 4.79 Å². The van der Waals surface area contributed by atoms with Crippen LogP contribution in [0.1, 0.15) is 6.42 Å². The molecule has 2 atom stereocenters. The van der Waals surface area contributed by atoms with Crippen molar-refractivity contribution in [3.8, 4) is 0 Å². The first kappa shape index (κ1) is 13.1. The summed E-state index contributed by atoms with van der Waals surface area (Å²) in [6.07, 6.45) is -5.46. The van der Waals surface area contributed by atoms with Crippen LogP contribution in [0.4, 0.5) is 13.2 Å². The Morgan fingerprint density at radius 3 is 2.47 bits per heavy atom. The second-order valence-electron chi connectivity index (χ2n) is 3.40. The van der Waals surface area contributed by atoms with Crippen molar-refractivity contribution in [2.75, 3.05) is 6.54 Å². The van der Waals surface area contributed by atoms with Crippen molar-refractivity contribution in [3.63, 3.8) is 0 Å². The molecule has 1 aliphatic rings. The quantitative estimate of drug-likeness (QED) is 0.448. The highest BCUT2D eigenvalue weighted by molar-refractivity contribution is 5.87. The molecule has 0 spiro atoms. The number of carboxylic acids is 1. The topological polar surface area (TPSA) is 106 Å². The molecule has 10 heteroatoms. The fraction of sp³-hybridized carbons (Fsp3) is 0.714. The van der Waals surface area contributed by atoms with Gasteiger partial charge in [-0.3, -0.25) is 4.79 Å². The Balaban J connectivity index is 2.93. The summed E-state index contributed by atoms with van der Waals surface area (Å²) >= 11 is 0. The zero-order chi connectivity index (χ0) is 13.2. The van der Waals surface area contributed by atoms with Gasteiger partial charge in [-0.2, -0.15) is 13.2 Å². The van der Waals surface area contributed by atoms with Gasteiger partial charge < -0.3 is 10.0 Å². The van der Waals surface area contributed by atoms with Crippen molar-refractivity contribution in [2.24, 2.45) is 5.11 Å². The third-order valence-electron chi connectivity index (χ3n) is 2.28. The van der Waals surface area contributed by atoms with Crippen molar-refractivity contribution in [1.82, 2.24) is 4.90 Å². The highest BCUT2D eigenvalue weighted by Crippen LogP contribution is 2.27. The molecule has 1 aliphatic heterocycles. The molecule has 0 saturated carbocycles. The second kappa shape index (κ2) is 4.50. The van der Waals surface area contributed by atoms with Crippen LogP contribution in [-0.2, 0) is 9.59 Å². The number of rotatable bonds is 2. The van der Waals surface area contributed by atoms with E-state index in [0.717, 1.165) is 0 Å². The lowest BCUT2D eigenvalue weighted by Crippen LogP contribution is -2.47. The molecule has 94 valence electrons. The number of azide groups is 1. The van der Waals surface area contributed by atoms with Gasteiger partial charge in [0.25, 0.3) is 0 Å². The van der Waals surface area contributed by atoms with Crippen LogP contribution in [0.3, 0.4) is 0 Å². The number of alkyl halides is 3. The van der Waals surface area contributed by atoms with E-state index in [1.165, 1.54) is 0 Å². The molecule has 1 N–H and O–H groups in total. The number of halogens is 3. The van der Waals surface area contributed by atoms with Crippen LogP contribution in [0.2, 0.25) is 0 Å². The van der Waals surface area contributed by atoms with E-state index in [-0.39, 0.29) is 11.3 Å². The minimum atomic E-state index is -5.14. The Hall–Kier alpha value is -1.96. The summed E-state index contributed by atoms with van der Waals surface area (Å²) in [6, 6.07) is -2.56. The fourth-order valence-electron chi connectivity index (χ4n) is 1.59. The van der Waals surface area contributed by atoms with Crippen LogP contribution < -0.4 is 0 Å². The minimum Gasteiger partial charge on any atom is -0.480 e. The van der Waals surface area contributed by atoms with E-state index in [9.17, 15) is 22.8 Å². The number of carboxylic acid groups (broad SMARTS) is 1. The fourth-order valence-corrected chi connectivity index (χ4v) is 1.59. The minimum absolute atomic E-state index is 0.168. The lowest BCUT2D eigenvalue weighted by molar-refractivity contribution is -0.188. The van der Waals surface area contributed by atoms with Gasteiger partial charge in [-0.1, -0.05) is 5.11 Å². The first-order valence-electron chi connectivity index (χ1n) is 4.42. The summed E-state index contributed by atoms with van der Waals surface area (Å²) < 4.78 is 36.5. The van der Waals surface area contributed by atoms with Crippen molar-refractivity contribution >= 4 is 11.9 Å². The van der Waals surface area contributed by atoms with Crippen LogP contribution in [0.5, 0.6) is 0 Å². The third-order valence-corrected chi connectivity index (χ3v) is 2.28. The molecule has 1 rings (SSSR count). The van der Waals surface area contributed by atoms with Gasteiger partial charge in [-0.15, -0.1) is 0 Å². The number of nitrogens with zero attached hydrogens (tertiary/aromatic N) is 4. The van der Waals surface area contributed by atoms with E-state index in [0.29, 0.717) is 0 Å². The first-order valence-corrected chi connectivity index (χ1v) is 4.42. The molecular weight excluding hydrogens is 245 g/mol. The molecule has 1 amide bonds. The summed E-state index contributed by atoms with van der Waals surface area (Å²) in [7, 11) is 0. The maximum Gasteiger partial charge on any atom is 0.471 e. The zero-order valence-electron chi connectivity index (χ0n) is 8.26. The maximum atomic E-state index is 12.2. The number of carbonyl (C=O) groups excluding carboxylic acids is 1. The molecule has 1 heterocycles.